The predicted molar refractivity (Wildman–Crippen MR) is 78.2 cm³/mol. The molecule has 1 aliphatic heterocycles. The van der Waals surface area contributed by atoms with Gasteiger partial charge in [0, 0.05) is 0 Å². The topological polar surface area (TPSA) is 0 Å². The average molecular weight is 283 g/mol. The highest BCUT2D eigenvalue weighted by Crippen LogP contribution is 2.35. The molecule has 4 heteroatoms. The molecule has 0 N–H and O–H groups in total. The summed E-state index contributed by atoms with van der Waals surface area (Å²) in [7, 11) is 0. The van der Waals surface area contributed by atoms with Crippen LogP contribution >= 0.6 is 22.2 Å². The maximum Gasteiger partial charge on any atom is 0.197 e. The zero-order valence-corrected chi connectivity index (χ0v) is 12.7. The molecule has 1 heterocycles. The van der Waals surface area contributed by atoms with Gasteiger partial charge in [-0.05, 0) is 21.1 Å². The van der Waals surface area contributed by atoms with Crippen molar-refractivity contribution >= 4 is 57.1 Å². The summed E-state index contributed by atoms with van der Waals surface area (Å²) in [6.07, 6.45) is 0. The van der Waals surface area contributed by atoms with Gasteiger partial charge >= 0.3 is 0 Å². The molecular weight excluding hydrogens is 271 g/mol. The van der Waals surface area contributed by atoms with Crippen LogP contribution in [0.2, 0.25) is 13.1 Å². The Hall–Kier alpha value is -0.286. The summed E-state index contributed by atoms with van der Waals surface area (Å²) in [6.45, 7) is 0.403. The standard InChI is InChI=1S/C12H12Cl2Si2/c1-15(13)10-7-3-5-9-6-4-8-11(12(9)10)16(15,2)14/h3-8H,1-2H3/t15-,16-/m0/s1. The molecular formula is C12H12Cl2Si2. The number of halogens is 2. The fraction of sp³-hybridized carbons (Fsp3) is 0.167. The third-order valence-corrected chi connectivity index (χ3v) is 24.2. The summed E-state index contributed by atoms with van der Waals surface area (Å²) in [5, 5.41) is 5.31. The first kappa shape index (κ1) is 10.8. The van der Waals surface area contributed by atoms with Gasteiger partial charge in [-0.2, -0.15) is 22.2 Å². The minimum Gasteiger partial charge on any atom is -0.163 e. The van der Waals surface area contributed by atoms with Crippen LogP contribution < -0.4 is 10.4 Å². The van der Waals surface area contributed by atoms with Gasteiger partial charge in [-0.25, -0.2) is 0 Å². The summed E-state index contributed by atoms with van der Waals surface area (Å²) in [5.41, 5.74) is 0. The lowest BCUT2D eigenvalue weighted by Gasteiger charge is -2.26. The maximum atomic E-state index is 6.86. The van der Waals surface area contributed by atoms with Crippen LogP contribution in [0.5, 0.6) is 0 Å². The number of benzene rings is 2. The maximum absolute atomic E-state index is 6.86. The molecule has 0 fully saturated rings. The highest BCUT2D eigenvalue weighted by molar-refractivity contribution is 7.79. The van der Waals surface area contributed by atoms with Crippen molar-refractivity contribution < 1.29 is 0 Å². The lowest BCUT2D eigenvalue weighted by Crippen LogP contribution is -2.60. The normalized spacial score (nSPS) is 32.2. The van der Waals surface area contributed by atoms with Crippen molar-refractivity contribution in [1.29, 1.82) is 0 Å². The van der Waals surface area contributed by atoms with Crippen molar-refractivity contribution in [2.45, 2.75) is 13.1 Å². The highest BCUT2D eigenvalue weighted by Gasteiger charge is 2.55. The number of hydrogen-bond donors (Lipinski definition) is 0. The van der Waals surface area contributed by atoms with Crippen LogP contribution in [0.15, 0.2) is 36.4 Å². The molecule has 3 rings (SSSR count). The van der Waals surface area contributed by atoms with Gasteiger partial charge in [-0.15, -0.1) is 0 Å². The summed E-state index contributed by atoms with van der Waals surface area (Å²) < 4.78 is 0. The first-order valence-corrected chi connectivity index (χ1v) is 13.4. The number of hydrogen-bond acceptors (Lipinski definition) is 0. The van der Waals surface area contributed by atoms with Crippen molar-refractivity contribution in [1.82, 2.24) is 0 Å². The quantitative estimate of drug-likeness (QED) is 0.515. The summed E-state index contributed by atoms with van der Waals surface area (Å²) >= 11 is 13.7. The molecule has 2 atom stereocenters. The van der Waals surface area contributed by atoms with E-state index in [4.69, 9.17) is 22.2 Å². The Morgan fingerprint density at radius 2 is 1.25 bits per heavy atom. The lowest BCUT2D eigenvalue weighted by molar-refractivity contribution is 1.81. The molecule has 0 bridgehead atoms. The first-order valence-electron chi connectivity index (χ1n) is 5.37. The van der Waals surface area contributed by atoms with Crippen LogP contribution in [0.1, 0.15) is 0 Å². The van der Waals surface area contributed by atoms with Gasteiger partial charge < -0.3 is 0 Å². The van der Waals surface area contributed by atoms with Crippen molar-refractivity contribution in [2.24, 2.45) is 0 Å². The van der Waals surface area contributed by atoms with E-state index in [1.807, 2.05) is 0 Å². The molecule has 2 aromatic rings. The minimum absolute atomic E-state index is 1.28. The Kier molecular flexibility index (Phi) is 2.12. The van der Waals surface area contributed by atoms with E-state index in [9.17, 15) is 0 Å². The van der Waals surface area contributed by atoms with E-state index in [-0.39, 0.29) is 0 Å². The smallest absolute Gasteiger partial charge is 0.163 e. The molecule has 16 heavy (non-hydrogen) atoms. The lowest BCUT2D eigenvalue weighted by atomic mass is 10.1. The molecule has 0 unspecified atom stereocenters. The molecule has 82 valence electrons. The Bertz CT molecular complexity index is 542. The van der Waals surface area contributed by atoms with Crippen LogP contribution in [-0.4, -0.2) is 13.8 Å². The van der Waals surface area contributed by atoms with Gasteiger partial charge in [0.2, 0.25) is 0 Å². The third-order valence-electron chi connectivity index (χ3n) is 3.80. The SMILES string of the molecule is C[Si@@]1(Cl)c2cccc3cccc(c23)[Si@@]1(C)Cl. The van der Waals surface area contributed by atoms with Crippen LogP contribution in [0.3, 0.4) is 0 Å². The Morgan fingerprint density at radius 3 is 1.69 bits per heavy atom. The number of rotatable bonds is 0. The zero-order chi connectivity index (χ0) is 11.6. The van der Waals surface area contributed by atoms with E-state index < -0.39 is 13.8 Å². The van der Waals surface area contributed by atoms with E-state index in [1.165, 1.54) is 21.1 Å². The molecule has 0 saturated carbocycles. The van der Waals surface area contributed by atoms with Gasteiger partial charge in [-0.1, -0.05) is 49.5 Å². The molecule has 0 saturated heterocycles. The van der Waals surface area contributed by atoms with Crippen molar-refractivity contribution in [3.63, 3.8) is 0 Å². The second-order valence-electron chi connectivity index (χ2n) is 4.72. The first-order chi connectivity index (χ1) is 7.46. The summed E-state index contributed by atoms with van der Waals surface area (Å²) in [6, 6.07) is 12.8. The largest absolute Gasteiger partial charge is 0.197 e. The van der Waals surface area contributed by atoms with Gasteiger partial charge in [0.25, 0.3) is 0 Å². The predicted octanol–water partition coefficient (Wildman–Crippen LogP) is 2.97. The van der Waals surface area contributed by atoms with E-state index >= 15 is 0 Å². The van der Waals surface area contributed by atoms with E-state index in [2.05, 4.69) is 49.5 Å². The van der Waals surface area contributed by atoms with Crippen LogP contribution in [0, 0.1) is 0 Å². The van der Waals surface area contributed by atoms with Crippen molar-refractivity contribution in [3.8, 4) is 0 Å². The van der Waals surface area contributed by atoms with Gasteiger partial charge in [0.15, 0.2) is 13.8 Å². The van der Waals surface area contributed by atoms with Gasteiger partial charge in [0.1, 0.15) is 0 Å². The fourth-order valence-electron chi connectivity index (χ4n) is 2.63. The van der Waals surface area contributed by atoms with Crippen LogP contribution in [0.25, 0.3) is 10.8 Å². The third kappa shape index (κ3) is 1.11. The van der Waals surface area contributed by atoms with Crippen LogP contribution in [0.4, 0.5) is 0 Å². The van der Waals surface area contributed by atoms with Crippen molar-refractivity contribution in [3.05, 3.63) is 36.4 Å². The summed E-state index contributed by atoms with van der Waals surface area (Å²) in [5.74, 6) is 0. The Morgan fingerprint density at radius 1 is 0.812 bits per heavy atom. The second kappa shape index (κ2) is 3.13. The zero-order valence-electron chi connectivity index (χ0n) is 9.22. The highest BCUT2D eigenvalue weighted by atomic mass is 35.6. The summed E-state index contributed by atoms with van der Waals surface area (Å²) in [4.78, 5) is 0. The Labute approximate surface area is 106 Å². The van der Waals surface area contributed by atoms with Gasteiger partial charge in [0.05, 0.1) is 0 Å². The monoisotopic (exact) mass is 282 g/mol. The molecule has 0 nitrogen and oxygen atoms in total. The molecule has 0 radical (unpaired) electrons. The minimum atomic E-state index is -2.00. The molecule has 0 aliphatic carbocycles. The molecule has 0 aromatic heterocycles. The van der Waals surface area contributed by atoms with Crippen molar-refractivity contribution in [2.75, 3.05) is 0 Å². The molecule has 0 spiro atoms. The van der Waals surface area contributed by atoms with E-state index in [0.717, 1.165) is 0 Å². The second-order valence-corrected chi connectivity index (χ2v) is 22.2. The molecule has 1 aliphatic rings. The fourth-order valence-corrected chi connectivity index (χ4v) is 13.1. The average Bonchev–Trinajstić information content (AvgIpc) is 2.40. The van der Waals surface area contributed by atoms with E-state index in [1.54, 1.807) is 0 Å². The molecule has 2 aromatic carbocycles. The van der Waals surface area contributed by atoms with Crippen LogP contribution in [-0.2, 0) is 0 Å². The van der Waals surface area contributed by atoms with E-state index in [0.29, 0.717) is 0 Å². The molecule has 0 amide bonds. The van der Waals surface area contributed by atoms with Gasteiger partial charge in [-0.3, -0.25) is 0 Å². The Balaban J connectivity index is 2.54.